The number of H-pyrrole nitrogens is 1. The summed E-state index contributed by atoms with van der Waals surface area (Å²) in [5.41, 5.74) is 0.0336. The molecule has 3 aromatic rings. The second kappa shape index (κ2) is 11.5. The van der Waals surface area contributed by atoms with Gasteiger partial charge in [0.15, 0.2) is 5.69 Å². The normalized spacial score (nSPS) is 17.2. The van der Waals surface area contributed by atoms with Crippen LogP contribution in [0.15, 0.2) is 70.3 Å². The molecular weight excluding hydrogens is 462 g/mol. The third-order valence-corrected chi connectivity index (χ3v) is 6.44. The van der Waals surface area contributed by atoms with Gasteiger partial charge in [-0.05, 0) is 42.7 Å². The van der Waals surface area contributed by atoms with Crippen molar-refractivity contribution in [2.45, 2.75) is 50.8 Å². The van der Waals surface area contributed by atoms with Gasteiger partial charge in [-0.2, -0.15) is 0 Å². The number of nitrogens with zero attached hydrogens (tertiary/aromatic N) is 1. The van der Waals surface area contributed by atoms with E-state index in [4.69, 9.17) is 4.74 Å². The minimum absolute atomic E-state index is 0.00279. The maximum absolute atomic E-state index is 13.2. The van der Waals surface area contributed by atoms with Crippen molar-refractivity contribution in [2.75, 3.05) is 7.11 Å². The van der Waals surface area contributed by atoms with Crippen LogP contribution in [-0.4, -0.2) is 34.6 Å². The fourth-order valence-electron chi connectivity index (χ4n) is 4.47. The van der Waals surface area contributed by atoms with Gasteiger partial charge in [0, 0.05) is 6.04 Å². The van der Waals surface area contributed by atoms with E-state index in [1.54, 1.807) is 0 Å². The van der Waals surface area contributed by atoms with E-state index in [2.05, 4.69) is 27.2 Å². The van der Waals surface area contributed by atoms with Crippen LogP contribution in [0.5, 0.6) is 5.75 Å². The maximum Gasteiger partial charge on any atom is 0.329 e. The summed E-state index contributed by atoms with van der Waals surface area (Å²) in [6.07, 6.45) is 3.39. The minimum Gasteiger partial charge on any atom is -0.481 e. The molecule has 0 spiro atoms. The number of carbonyl (C=O) groups excluding carboxylic acids is 2. The van der Waals surface area contributed by atoms with Gasteiger partial charge in [-0.15, -0.1) is 0 Å². The van der Waals surface area contributed by atoms with Crippen LogP contribution in [0.3, 0.4) is 0 Å². The first-order chi connectivity index (χ1) is 17.5. The van der Waals surface area contributed by atoms with Crippen LogP contribution in [0.1, 0.15) is 53.2 Å². The number of hydrogen-bond donors (Lipinski definition) is 2. The molecule has 36 heavy (non-hydrogen) atoms. The third-order valence-electron chi connectivity index (χ3n) is 6.44. The summed E-state index contributed by atoms with van der Waals surface area (Å²) in [5, 5.41) is 2.94. The Morgan fingerprint density at radius 3 is 2.25 bits per heavy atom. The second-order valence-electron chi connectivity index (χ2n) is 8.81. The molecule has 1 saturated carbocycles. The number of hydrogen-bond acceptors (Lipinski definition) is 6. The molecule has 0 atom stereocenters. The molecule has 9 nitrogen and oxygen atoms in total. The van der Waals surface area contributed by atoms with Crippen molar-refractivity contribution in [1.29, 1.82) is 0 Å². The lowest BCUT2D eigenvalue weighted by Gasteiger charge is -2.29. The van der Waals surface area contributed by atoms with Crippen LogP contribution in [0, 0.1) is 0 Å². The maximum atomic E-state index is 13.2. The predicted molar refractivity (Wildman–Crippen MR) is 133 cm³/mol. The van der Waals surface area contributed by atoms with Crippen molar-refractivity contribution < 1.29 is 19.1 Å². The number of methoxy groups -OCH3 is 1. The first-order valence-corrected chi connectivity index (χ1v) is 11.9. The highest BCUT2D eigenvalue weighted by molar-refractivity contribution is 5.95. The lowest BCUT2D eigenvalue weighted by Crippen LogP contribution is -2.43. The fraction of sp³-hybridized carbons (Fsp3) is 0.333. The number of aromatic amines is 1. The van der Waals surface area contributed by atoms with E-state index in [9.17, 15) is 19.2 Å². The molecule has 0 bridgehead atoms. The molecule has 9 heteroatoms. The highest BCUT2D eigenvalue weighted by atomic mass is 16.5. The molecule has 2 aromatic carbocycles. The summed E-state index contributed by atoms with van der Waals surface area (Å²) in [5.74, 6) is -1.26. The van der Waals surface area contributed by atoms with Gasteiger partial charge in [0.2, 0.25) is 5.75 Å². The number of aromatic nitrogens is 2. The summed E-state index contributed by atoms with van der Waals surface area (Å²) >= 11 is 0. The smallest absolute Gasteiger partial charge is 0.329 e. The average Bonchev–Trinajstić information content (AvgIpc) is 2.91. The van der Waals surface area contributed by atoms with Crippen molar-refractivity contribution in [3.05, 3.63) is 98.3 Å². The SMILES string of the molecule is COC(=O)Cn1c(=O)[nH]c(C(=O)N[C@H]2CC[C@@H](c3ccccc3)CC2)c(OCc2ccccc2)c1=O. The number of benzene rings is 2. The van der Waals surface area contributed by atoms with Crippen LogP contribution in [-0.2, 0) is 22.7 Å². The summed E-state index contributed by atoms with van der Waals surface area (Å²) in [6, 6.07) is 19.3. The van der Waals surface area contributed by atoms with Crippen LogP contribution in [0.25, 0.3) is 0 Å². The molecule has 1 aliphatic rings. The molecule has 0 unspecified atom stereocenters. The highest BCUT2D eigenvalue weighted by Gasteiger charge is 2.27. The van der Waals surface area contributed by atoms with Crippen molar-refractivity contribution >= 4 is 11.9 Å². The van der Waals surface area contributed by atoms with E-state index in [1.165, 1.54) is 5.56 Å². The monoisotopic (exact) mass is 491 g/mol. The van der Waals surface area contributed by atoms with E-state index in [1.807, 2.05) is 48.5 Å². The topological polar surface area (TPSA) is 119 Å². The van der Waals surface area contributed by atoms with Gasteiger partial charge in [-0.25, -0.2) is 9.36 Å². The van der Waals surface area contributed by atoms with Crippen LogP contribution >= 0.6 is 0 Å². The predicted octanol–water partition coefficient (Wildman–Crippen LogP) is 2.74. The zero-order chi connectivity index (χ0) is 25.5. The zero-order valence-corrected chi connectivity index (χ0v) is 20.1. The van der Waals surface area contributed by atoms with E-state index < -0.39 is 29.7 Å². The molecule has 1 amide bonds. The van der Waals surface area contributed by atoms with Gasteiger partial charge in [0.1, 0.15) is 13.2 Å². The molecule has 0 saturated heterocycles. The molecule has 1 aromatic heterocycles. The zero-order valence-electron chi connectivity index (χ0n) is 20.1. The van der Waals surface area contributed by atoms with Gasteiger partial charge in [0.25, 0.3) is 11.5 Å². The first kappa shape index (κ1) is 25.0. The Hall–Kier alpha value is -4.14. The van der Waals surface area contributed by atoms with Gasteiger partial charge in [0.05, 0.1) is 7.11 Å². The summed E-state index contributed by atoms with van der Waals surface area (Å²) in [4.78, 5) is 53.1. The van der Waals surface area contributed by atoms with Crippen molar-refractivity contribution in [3.63, 3.8) is 0 Å². The van der Waals surface area contributed by atoms with Crippen LogP contribution < -0.4 is 21.3 Å². The first-order valence-electron chi connectivity index (χ1n) is 11.9. The quantitative estimate of drug-likeness (QED) is 0.468. The summed E-state index contributed by atoms with van der Waals surface area (Å²) in [7, 11) is 1.16. The number of nitrogens with one attached hydrogen (secondary N) is 2. The Balaban J connectivity index is 1.54. The van der Waals surface area contributed by atoms with E-state index in [0.29, 0.717) is 10.5 Å². The number of carbonyl (C=O) groups is 2. The molecule has 188 valence electrons. The van der Waals surface area contributed by atoms with Gasteiger partial charge < -0.3 is 14.8 Å². The largest absolute Gasteiger partial charge is 0.481 e. The van der Waals surface area contributed by atoms with E-state index in [0.717, 1.165) is 38.4 Å². The molecule has 0 aliphatic heterocycles. The van der Waals surface area contributed by atoms with E-state index >= 15 is 0 Å². The lowest BCUT2D eigenvalue weighted by atomic mass is 9.82. The molecule has 4 rings (SSSR count). The highest BCUT2D eigenvalue weighted by Crippen LogP contribution is 2.32. The minimum atomic E-state index is -0.893. The molecular formula is C27H29N3O6. The van der Waals surface area contributed by atoms with E-state index in [-0.39, 0.29) is 24.1 Å². The van der Waals surface area contributed by atoms with Crippen LogP contribution in [0.4, 0.5) is 0 Å². The van der Waals surface area contributed by atoms with Crippen molar-refractivity contribution in [3.8, 4) is 5.75 Å². The molecule has 1 fully saturated rings. The van der Waals surface area contributed by atoms with Gasteiger partial charge in [-0.1, -0.05) is 60.7 Å². The third kappa shape index (κ3) is 5.91. The molecule has 1 aliphatic carbocycles. The average molecular weight is 492 g/mol. The van der Waals surface area contributed by atoms with Crippen LogP contribution in [0.2, 0.25) is 0 Å². The Morgan fingerprint density at radius 1 is 0.972 bits per heavy atom. The Bertz CT molecular complexity index is 1310. The fourth-order valence-corrected chi connectivity index (χ4v) is 4.47. The Kier molecular flexibility index (Phi) is 7.99. The number of ether oxygens (including phenoxy) is 2. The van der Waals surface area contributed by atoms with Crippen molar-refractivity contribution in [1.82, 2.24) is 14.9 Å². The Labute approximate surface area is 208 Å². The standard InChI is InChI=1S/C27H29N3O6/c1-35-22(31)16-30-26(33)24(36-17-18-8-4-2-5-9-18)23(29-27(30)34)25(32)28-21-14-12-20(13-15-21)19-10-6-3-7-11-19/h2-11,20-21H,12-17H2,1H3,(H,28,32)(H,29,34)/t20-,21+. The van der Waals surface area contributed by atoms with Gasteiger partial charge >= 0.3 is 11.7 Å². The van der Waals surface area contributed by atoms with Crippen molar-refractivity contribution in [2.24, 2.45) is 0 Å². The molecule has 1 heterocycles. The second-order valence-corrected chi connectivity index (χ2v) is 8.81. The number of rotatable bonds is 8. The Morgan fingerprint density at radius 2 is 1.61 bits per heavy atom. The summed E-state index contributed by atoms with van der Waals surface area (Å²) < 4.78 is 11.0. The summed E-state index contributed by atoms with van der Waals surface area (Å²) in [6.45, 7) is -0.597. The molecule has 2 N–H and O–H groups in total. The number of esters is 1. The number of amides is 1. The molecule has 0 radical (unpaired) electrons. The van der Waals surface area contributed by atoms with Gasteiger partial charge in [-0.3, -0.25) is 19.4 Å². The lowest BCUT2D eigenvalue weighted by molar-refractivity contribution is -0.141.